The lowest BCUT2D eigenvalue weighted by Gasteiger charge is -2.39. The summed E-state index contributed by atoms with van der Waals surface area (Å²) in [4.78, 5) is 9.48. The molecule has 1 N–H and O–H groups in total. The van der Waals surface area contributed by atoms with Gasteiger partial charge in [-0.3, -0.25) is 9.89 Å². The first-order valence-corrected chi connectivity index (χ1v) is 10.3. The molecule has 8 heteroatoms. The van der Waals surface area contributed by atoms with Crippen molar-refractivity contribution in [3.8, 4) is 0 Å². The number of benzene rings is 1. The Bertz CT molecular complexity index is 657. The number of rotatable bonds is 4. The fraction of sp³-hybridized carbons (Fsp3) is 0.667. The molecule has 0 saturated carbocycles. The van der Waals surface area contributed by atoms with E-state index in [0.29, 0.717) is 12.5 Å². The predicted octanol–water partition coefficient (Wildman–Crippen LogP) is 4.77. The number of guanidine groups is 1. The van der Waals surface area contributed by atoms with E-state index in [4.69, 9.17) is 4.99 Å². The molecule has 0 aromatic heterocycles. The maximum Gasteiger partial charge on any atom is 0.416 e. The highest BCUT2D eigenvalue weighted by Crippen LogP contribution is 2.37. The minimum atomic E-state index is -4.29. The van der Waals surface area contributed by atoms with E-state index in [2.05, 4.69) is 29.1 Å². The molecule has 0 radical (unpaired) electrons. The standard InChI is InChI=1S/C21H31F3N4.HI/c1-3-25-20(28-13-4-5-14-28)26-15-17-7-6-12-27(2)19(17)16-8-10-18(11-9-16)21(22,23)24;/h8-11,17,19H,3-7,12-15H2,1-2H3,(H,25,26);1H. The number of nitrogens with zero attached hydrogens (tertiary/aromatic N) is 3. The van der Waals surface area contributed by atoms with Gasteiger partial charge in [-0.1, -0.05) is 12.1 Å². The molecule has 2 aliphatic heterocycles. The maximum absolute atomic E-state index is 12.9. The summed E-state index contributed by atoms with van der Waals surface area (Å²) >= 11 is 0. The van der Waals surface area contributed by atoms with Crippen molar-refractivity contribution >= 4 is 29.9 Å². The van der Waals surface area contributed by atoms with E-state index in [9.17, 15) is 13.2 Å². The van der Waals surface area contributed by atoms with Crippen molar-refractivity contribution < 1.29 is 13.2 Å². The van der Waals surface area contributed by atoms with Gasteiger partial charge in [-0.25, -0.2) is 0 Å². The fourth-order valence-electron chi connectivity index (χ4n) is 4.41. The van der Waals surface area contributed by atoms with Crippen molar-refractivity contribution in [1.82, 2.24) is 15.1 Å². The molecule has 4 nitrogen and oxygen atoms in total. The van der Waals surface area contributed by atoms with Crippen LogP contribution in [0.2, 0.25) is 0 Å². The lowest BCUT2D eigenvalue weighted by atomic mass is 9.84. The number of halogens is 4. The first-order valence-electron chi connectivity index (χ1n) is 10.3. The topological polar surface area (TPSA) is 30.9 Å². The van der Waals surface area contributed by atoms with E-state index in [1.165, 1.54) is 25.0 Å². The van der Waals surface area contributed by atoms with Crippen LogP contribution < -0.4 is 5.32 Å². The van der Waals surface area contributed by atoms with Crippen molar-refractivity contribution in [3.05, 3.63) is 35.4 Å². The molecular weight excluding hydrogens is 492 g/mol. The Morgan fingerprint density at radius 3 is 2.34 bits per heavy atom. The van der Waals surface area contributed by atoms with Gasteiger partial charge in [-0.05, 0) is 69.8 Å². The average Bonchev–Trinajstić information content (AvgIpc) is 3.19. The number of likely N-dealkylation sites (tertiary alicyclic amines) is 2. The summed E-state index contributed by atoms with van der Waals surface area (Å²) in [5.74, 6) is 1.27. The first kappa shape index (κ1) is 24.2. The molecule has 0 amide bonds. The molecule has 1 aromatic carbocycles. The van der Waals surface area contributed by atoms with Crippen LogP contribution in [0.1, 0.15) is 49.8 Å². The van der Waals surface area contributed by atoms with Gasteiger partial charge in [0.1, 0.15) is 0 Å². The van der Waals surface area contributed by atoms with E-state index in [0.717, 1.165) is 50.5 Å². The van der Waals surface area contributed by atoms with Gasteiger partial charge in [0.15, 0.2) is 5.96 Å². The van der Waals surface area contributed by atoms with Gasteiger partial charge in [0.2, 0.25) is 0 Å². The number of hydrogen-bond donors (Lipinski definition) is 1. The number of alkyl halides is 3. The molecule has 0 bridgehead atoms. The summed E-state index contributed by atoms with van der Waals surface area (Å²) in [6, 6.07) is 5.77. The quantitative estimate of drug-likeness (QED) is 0.350. The van der Waals surface area contributed by atoms with Crippen LogP contribution in [-0.2, 0) is 6.18 Å². The van der Waals surface area contributed by atoms with Gasteiger partial charge in [-0.15, -0.1) is 24.0 Å². The summed E-state index contributed by atoms with van der Waals surface area (Å²) in [7, 11) is 2.06. The van der Waals surface area contributed by atoms with Crippen molar-refractivity contribution in [2.45, 2.75) is 44.8 Å². The highest BCUT2D eigenvalue weighted by atomic mass is 127. The normalized spacial score (nSPS) is 23.8. The highest BCUT2D eigenvalue weighted by molar-refractivity contribution is 14.0. The summed E-state index contributed by atoms with van der Waals surface area (Å²) in [5.41, 5.74) is 0.356. The summed E-state index contributed by atoms with van der Waals surface area (Å²) in [6.07, 6.45) is 0.236. The van der Waals surface area contributed by atoms with Crippen molar-refractivity contribution in [2.75, 3.05) is 39.8 Å². The molecule has 2 atom stereocenters. The molecular formula is C21H32F3IN4. The number of nitrogens with one attached hydrogen (secondary N) is 1. The minimum absolute atomic E-state index is 0. The molecule has 29 heavy (non-hydrogen) atoms. The Hall–Kier alpha value is -1.03. The molecule has 3 rings (SSSR count). The smallest absolute Gasteiger partial charge is 0.357 e. The van der Waals surface area contributed by atoms with E-state index < -0.39 is 11.7 Å². The molecule has 2 saturated heterocycles. The second kappa shape index (κ2) is 10.8. The van der Waals surface area contributed by atoms with Crippen LogP contribution in [0.3, 0.4) is 0 Å². The highest BCUT2D eigenvalue weighted by Gasteiger charge is 2.33. The lowest BCUT2D eigenvalue weighted by molar-refractivity contribution is -0.137. The SMILES string of the molecule is CCNC(=NCC1CCCN(C)C1c1ccc(C(F)(F)F)cc1)N1CCCC1.I. The van der Waals surface area contributed by atoms with Crippen LogP contribution in [0.25, 0.3) is 0 Å². The van der Waals surface area contributed by atoms with Crippen LogP contribution >= 0.6 is 24.0 Å². The lowest BCUT2D eigenvalue weighted by Crippen LogP contribution is -2.41. The zero-order chi connectivity index (χ0) is 20.1. The Balaban J connectivity index is 0.00000300. The van der Waals surface area contributed by atoms with Gasteiger partial charge in [0, 0.05) is 32.2 Å². The summed E-state index contributed by atoms with van der Waals surface area (Å²) < 4.78 is 38.7. The summed E-state index contributed by atoms with van der Waals surface area (Å²) in [6.45, 7) is 6.64. The van der Waals surface area contributed by atoms with Gasteiger partial charge in [0.05, 0.1) is 5.56 Å². The first-order chi connectivity index (χ1) is 13.4. The Morgan fingerprint density at radius 2 is 1.76 bits per heavy atom. The number of hydrogen-bond acceptors (Lipinski definition) is 2. The third kappa shape index (κ3) is 6.23. The molecule has 2 fully saturated rings. The zero-order valence-corrected chi connectivity index (χ0v) is 19.5. The molecule has 2 heterocycles. The molecule has 0 spiro atoms. The molecule has 1 aromatic rings. The molecule has 0 aliphatic carbocycles. The van der Waals surface area contributed by atoms with Gasteiger partial charge in [0.25, 0.3) is 0 Å². The summed E-state index contributed by atoms with van der Waals surface area (Å²) in [5, 5.41) is 3.39. The average molecular weight is 524 g/mol. The van der Waals surface area contributed by atoms with Crippen LogP contribution in [0.5, 0.6) is 0 Å². The van der Waals surface area contributed by atoms with E-state index in [1.54, 1.807) is 12.1 Å². The van der Waals surface area contributed by atoms with Crippen molar-refractivity contribution in [3.63, 3.8) is 0 Å². The third-order valence-corrected chi connectivity index (χ3v) is 5.80. The maximum atomic E-state index is 12.9. The Morgan fingerprint density at radius 1 is 1.10 bits per heavy atom. The monoisotopic (exact) mass is 524 g/mol. The second-order valence-corrected chi connectivity index (χ2v) is 7.84. The third-order valence-electron chi connectivity index (χ3n) is 5.80. The molecule has 164 valence electrons. The Labute approximate surface area is 188 Å². The minimum Gasteiger partial charge on any atom is -0.357 e. The fourth-order valence-corrected chi connectivity index (χ4v) is 4.41. The van der Waals surface area contributed by atoms with E-state index >= 15 is 0 Å². The number of aliphatic imine (C=N–C) groups is 1. The molecule has 2 unspecified atom stereocenters. The van der Waals surface area contributed by atoms with Gasteiger partial charge >= 0.3 is 6.18 Å². The van der Waals surface area contributed by atoms with Crippen LogP contribution in [-0.4, -0.2) is 55.5 Å². The van der Waals surface area contributed by atoms with Crippen molar-refractivity contribution in [2.24, 2.45) is 10.9 Å². The van der Waals surface area contributed by atoms with Crippen LogP contribution in [0.4, 0.5) is 13.2 Å². The largest absolute Gasteiger partial charge is 0.416 e. The Kier molecular flexibility index (Phi) is 9.06. The van der Waals surface area contributed by atoms with Crippen LogP contribution in [0.15, 0.2) is 29.3 Å². The zero-order valence-electron chi connectivity index (χ0n) is 17.2. The van der Waals surface area contributed by atoms with Crippen LogP contribution in [0, 0.1) is 5.92 Å². The number of piperidine rings is 1. The van der Waals surface area contributed by atoms with Crippen molar-refractivity contribution in [1.29, 1.82) is 0 Å². The van der Waals surface area contributed by atoms with E-state index in [1.807, 2.05) is 0 Å². The van der Waals surface area contributed by atoms with Gasteiger partial charge < -0.3 is 10.2 Å². The second-order valence-electron chi connectivity index (χ2n) is 7.84. The molecule has 2 aliphatic rings. The predicted molar refractivity (Wildman–Crippen MR) is 122 cm³/mol. The van der Waals surface area contributed by atoms with E-state index in [-0.39, 0.29) is 30.0 Å². The van der Waals surface area contributed by atoms with Gasteiger partial charge in [-0.2, -0.15) is 13.2 Å².